The maximum Gasteiger partial charge on any atom is 0.389 e. The van der Waals surface area contributed by atoms with E-state index in [1.54, 1.807) is 0 Å². The summed E-state index contributed by atoms with van der Waals surface area (Å²) < 4.78 is 35.9. The van der Waals surface area contributed by atoms with E-state index in [0.29, 0.717) is 16.7 Å². The quantitative estimate of drug-likeness (QED) is 0.842. The summed E-state index contributed by atoms with van der Waals surface area (Å²) in [6.07, 6.45) is -1.55. The zero-order valence-corrected chi connectivity index (χ0v) is 8.77. The van der Waals surface area contributed by atoms with E-state index in [9.17, 15) is 13.2 Å². The van der Waals surface area contributed by atoms with Gasteiger partial charge in [0.2, 0.25) is 0 Å². The van der Waals surface area contributed by atoms with Crippen LogP contribution in [0.2, 0.25) is 0 Å². The van der Waals surface area contributed by atoms with Crippen LogP contribution in [0.3, 0.4) is 0 Å². The Kier molecular flexibility index (Phi) is 3.86. The number of nitrogens with zero attached hydrogens (tertiary/aromatic N) is 2. The Morgan fingerprint density at radius 2 is 1.93 bits per heavy atom. The third-order valence-electron chi connectivity index (χ3n) is 1.57. The molecule has 0 fully saturated rings. The highest BCUT2D eigenvalue weighted by Gasteiger charge is 2.25. The summed E-state index contributed by atoms with van der Waals surface area (Å²) >= 11 is 3.09. The van der Waals surface area contributed by atoms with Gasteiger partial charge in [-0.2, -0.15) is 13.2 Å². The van der Waals surface area contributed by atoms with E-state index in [4.69, 9.17) is 0 Å². The highest BCUT2D eigenvalue weighted by molar-refractivity contribution is 9.10. The Hall–Kier alpha value is -0.650. The Bertz CT molecular complexity index is 284. The van der Waals surface area contributed by atoms with Gasteiger partial charge in [0, 0.05) is 12.6 Å². The van der Waals surface area contributed by atoms with Gasteiger partial charge in [-0.15, -0.1) is 0 Å². The lowest BCUT2D eigenvalue weighted by Crippen LogP contribution is -2.07. The molecular formula is C8H8BrF3N2. The van der Waals surface area contributed by atoms with Crippen molar-refractivity contribution in [1.29, 1.82) is 0 Å². The first-order valence-corrected chi connectivity index (χ1v) is 4.80. The first-order chi connectivity index (χ1) is 6.47. The largest absolute Gasteiger partial charge is 0.389 e. The van der Waals surface area contributed by atoms with Crippen LogP contribution in [-0.4, -0.2) is 16.1 Å². The lowest BCUT2D eigenvalue weighted by molar-refractivity contribution is -0.135. The van der Waals surface area contributed by atoms with Gasteiger partial charge in [-0.1, -0.05) is 0 Å². The van der Waals surface area contributed by atoms with Gasteiger partial charge in [0.05, 0.1) is 11.9 Å². The molecule has 0 radical (unpaired) electrons. The normalized spacial score (nSPS) is 11.7. The van der Waals surface area contributed by atoms with Gasteiger partial charge in [0.1, 0.15) is 4.60 Å². The predicted molar refractivity (Wildman–Crippen MR) is 48.7 cm³/mol. The second-order valence-corrected chi connectivity index (χ2v) is 3.61. The van der Waals surface area contributed by atoms with Crippen LogP contribution in [0.4, 0.5) is 13.2 Å². The molecule has 0 spiro atoms. The van der Waals surface area contributed by atoms with Gasteiger partial charge in [0.25, 0.3) is 0 Å². The van der Waals surface area contributed by atoms with Crippen LogP contribution in [0.5, 0.6) is 0 Å². The van der Waals surface area contributed by atoms with Gasteiger partial charge in [0.15, 0.2) is 0 Å². The molecule has 78 valence electrons. The topological polar surface area (TPSA) is 25.8 Å². The zero-order valence-electron chi connectivity index (χ0n) is 7.18. The molecule has 1 rings (SSSR count). The third kappa shape index (κ3) is 4.55. The van der Waals surface area contributed by atoms with Crippen LogP contribution < -0.4 is 0 Å². The molecule has 0 N–H and O–H groups in total. The lowest BCUT2D eigenvalue weighted by atomic mass is 10.2. The number of alkyl halides is 3. The minimum absolute atomic E-state index is 0.0554. The molecule has 0 aromatic carbocycles. The molecule has 0 saturated carbocycles. The third-order valence-corrected chi connectivity index (χ3v) is 1.98. The fourth-order valence-electron chi connectivity index (χ4n) is 0.938. The number of rotatable bonds is 3. The molecule has 1 aromatic heterocycles. The Labute approximate surface area is 87.7 Å². The second-order valence-electron chi connectivity index (χ2n) is 2.80. The summed E-state index contributed by atoms with van der Waals surface area (Å²) in [5.74, 6) is 0. The van der Waals surface area contributed by atoms with Crippen molar-refractivity contribution in [1.82, 2.24) is 9.97 Å². The van der Waals surface area contributed by atoms with E-state index in [0.717, 1.165) is 0 Å². The number of hydrogen-bond donors (Lipinski definition) is 0. The molecule has 1 heterocycles. The average molecular weight is 269 g/mol. The first kappa shape index (κ1) is 11.4. The minimum atomic E-state index is -4.08. The van der Waals surface area contributed by atoms with Gasteiger partial charge in [-0.25, -0.2) is 4.98 Å². The van der Waals surface area contributed by atoms with Gasteiger partial charge in [-0.05, 0) is 28.8 Å². The second kappa shape index (κ2) is 4.72. The summed E-state index contributed by atoms with van der Waals surface area (Å²) in [5.41, 5.74) is 0.581. The molecule has 0 saturated heterocycles. The summed E-state index contributed by atoms with van der Waals surface area (Å²) in [6.45, 7) is 0. The Balaban J connectivity index is 2.35. The number of hydrogen-bond acceptors (Lipinski definition) is 2. The molecule has 0 atom stereocenters. The number of aryl methyl sites for hydroxylation is 1. The molecule has 0 amide bonds. The van der Waals surface area contributed by atoms with Crippen molar-refractivity contribution in [3.05, 3.63) is 22.7 Å². The average Bonchev–Trinajstić information content (AvgIpc) is 2.06. The molecule has 0 aliphatic heterocycles. The van der Waals surface area contributed by atoms with Crippen molar-refractivity contribution in [3.63, 3.8) is 0 Å². The maximum atomic E-state index is 11.8. The smallest absolute Gasteiger partial charge is 0.257 e. The molecule has 14 heavy (non-hydrogen) atoms. The van der Waals surface area contributed by atoms with E-state index in [2.05, 4.69) is 25.9 Å². The van der Waals surface area contributed by atoms with Gasteiger partial charge < -0.3 is 0 Å². The summed E-state index contributed by atoms with van der Waals surface area (Å²) in [5, 5.41) is 0. The van der Waals surface area contributed by atoms with Crippen LogP contribution in [0.1, 0.15) is 18.5 Å². The predicted octanol–water partition coefficient (Wildman–Crippen LogP) is 3.12. The van der Waals surface area contributed by atoms with E-state index in [1.807, 2.05) is 0 Å². The van der Waals surface area contributed by atoms with Crippen molar-refractivity contribution in [3.8, 4) is 0 Å². The van der Waals surface area contributed by atoms with Crippen molar-refractivity contribution in [2.75, 3.05) is 0 Å². The monoisotopic (exact) mass is 268 g/mol. The molecule has 0 bridgehead atoms. The fraction of sp³-hybridized carbons (Fsp3) is 0.500. The van der Waals surface area contributed by atoms with E-state index in [-0.39, 0.29) is 6.42 Å². The SMILES string of the molecule is FC(F)(F)CCCc1cnc(Br)cn1. The molecule has 6 heteroatoms. The van der Waals surface area contributed by atoms with Crippen molar-refractivity contribution >= 4 is 15.9 Å². The molecule has 2 nitrogen and oxygen atoms in total. The van der Waals surface area contributed by atoms with Crippen LogP contribution in [0.15, 0.2) is 17.0 Å². The first-order valence-electron chi connectivity index (χ1n) is 4.00. The zero-order chi connectivity index (χ0) is 10.6. The van der Waals surface area contributed by atoms with Crippen LogP contribution >= 0.6 is 15.9 Å². The molecule has 0 aliphatic rings. The number of halogens is 4. The highest BCUT2D eigenvalue weighted by atomic mass is 79.9. The Morgan fingerprint density at radius 3 is 2.43 bits per heavy atom. The minimum Gasteiger partial charge on any atom is -0.257 e. The fourth-order valence-corrected chi connectivity index (χ4v) is 1.14. The van der Waals surface area contributed by atoms with Crippen LogP contribution in [0, 0.1) is 0 Å². The molecular weight excluding hydrogens is 261 g/mol. The van der Waals surface area contributed by atoms with E-state index >= 15 is 0 Å². The maximum absolute atomic E-state index is 11.8. The van der Waals surface area contributed by atoms with E-state index < -0.39 is 12.6 Å². The van der Waals surface area contributed by atoms with Crippen LogP contribution in [0.25, 0.3) is 0 Å². The van der Waals surface area contributed by atoms with Crippen LogP contribution in [-0.2, 0) is 6.42 Å². The van der Waals surface area contributed by atoms with E-state index in [1.165, 1.54) is 12.4 Å². The van der Waals surface area contributed by atoms with Crippen molar-refractivity contribution in [2.24, 2.45) is 0 Å². The standard InChI is InChI=1S/C8H8BrF3N2/c9-7-5-13-6(4-14-7)2-1-3-8(10,11)12/h4-5H,1-3H2. The van der Waals surface area contributed by atoms with Gasteiger partial charge >= 0.3 is 6.18 Å². The summed E-state index contributed by atoms with van der Waals surface area (Å²) in [4.78, 5) is 7.79. The Morgan fingerprint density at radius 1 is 1.21 bits per heavy atom. The molecule has 0 aliphatic carbocycles. The lowest BCUT2D eigenvalue weighted by Gasteiger charge is -2.04. The summed E-state index contributed by atoms with van der Waals surface area (Å²) in [7, 11) is 0. The molecule has 1 aromatic rings. The van der Waals surface area contributed by atoms with Crippen molar-refractivity contribution < 1.29 is 13.2 Å². The van der Waals surface area contributed by atoms with Crippen molar-refractivity contribution in [2.45, 2.75) is 25.4 Å². The molecule has 0 unspecified atom stereocenters. The summed E-state index contributed by atoms with van der Waals surface area (Å²) in [6, 6.07) is 0. The number of aromatic nitrogens is 2. The highest BCUT2D eigenvalue weighted by Crippen LogP contribution is 2.22. The van der Waals surface area contributed by atoms with Gasteiger partial charge in [-0.3, -0.25) is 4.98 Å².